The average Bonchev–Trinajstić information content (AvgIpc) is 2.86. The van der Waals surface area contributed by atoms with Crippen LogP contribution in [-0.4, -0.2) is 12.1 Å². The molecule has 1 heterocycles. The van der Waals surface area contributed by atoms with Gasteiger partial charge in [0.05, 0.1) is 12.8 Å². The van der Waals surface area contributed by atoms with Crippen molar-refractivity contribution in [1.82, 2.24) is 4.98 Å². The summed E-state index contributed by atoms with van der Waals surface area (Å²) in [6, 6.07) is 0. The van der Waals surface area contributed by atoms with Crippen molar-refractivity contribution < 1.29 is 4.74 Å². The minimum atomic E-state index is 0.231. The maximum atomic E-state index is 5.45. The highest BCUT2D eigenvalue weighted by Gasteiger charge is 2.30. The van der Waals surface area contributed by atoms with Gasteiger partial charge in [-0.25, -0.2) is 4.98 Å². The van der Waals surface area contributed by atoms with Gasteiger partial charge in [0.15, 0.2) is 5.06 Å². The second kappa shape index (κ2) is 9.45. The minimum Gasteiger partial charge on any atom is -0.486 e. The SMILES string of the molecule is CCCCCCC(C)(CCCCC)c1nc(C)c(OC)s1. The van der Waals surface area contributed by atoms with Gasteiger partial charge in [-0.15, -0.1) is 0 Å². The zero-order valence-electron chi connectivity index (χ0n) is 14.6. The summed E-state index contributed by atoms with van der Waals surface area (Å²) in [6.07, 6.45) is 11.7. The monoisotopic (exact) mass is 311 g/mol. The maximum absolute atomic E-state index is 5.45. The van der Waals surface area contributed by atoms with Crippen LogP contribution >= 0.6 is 11.3 Å². The Morgan fingerprint density at radius 3 is 2.10 bits per heavy atom. The first kappa shape index (κ1) is 18.5. The van der Waals surface area contributed by atoms with Gasteiger partial charge in [0.25, 0.3) is 0 Å². The lowest BCUT2D eigenvalue weighted by Gasteiger charge is -2.27. The summed E-state index contributed by atoms with van der Waals surface area (Å²) < 4.78 is 5.45. The van der Waals surface area contributed by atoms with Gasteiger partial charge in [0.1, 0.15) is 5.01 Å². The van der Waals surface area contributed by atoms with Crippen molar-refractivity contribution in [2.24, 2.45) is 0 Å². The van der Waals surface area contributed by atoms with Crippen molar-refractivity contribution in [3.63, 3.8) is 0 Å². The number of rotatable bonds is 11. The molecule has 0 bridgehead atoms. The second-order valence-corrected chi connectivity index (χ2v) is 7.39. The van der Waals surface area contributed by atoms with Crippen LogP contribution in [0.25, 0.3) is 0 Å². The van der Waals surface area contributed by atoms with E-state index >= 15 is 0 Å². The van der Waals surface area contributed by atoms with Crippen molar-refractivity contribution in [2.75, 3.05) is 7.11 Å². The highest BCUT2D eigenvalue weighted by atomic mass is 32.1. The Morgan fingerprint density at radius 1 is 1.00 bits per heavy atom. The number of aryl methyl sites for hydroxylation is 1. The molecule has 1 unspecified atom stereocenters. The van der Waals surface area contributed by atoms with Crippen LogP contribution in [0.4, 0.5) is 0 Å². The first-order valence-corrected chi connectivity index (χ1v) is 9.41. The summed E-state index contributed by atoms with van der Waals surface area (Å²) in [6.45, 7) is 9.01. The minimum absolute atomic E-state index is 0.231. The van der Waals surface area contributed by atoms with Crippen LogP contribution in [-0.2, 0) is 5.41 Å². The van der Waals surface area contributed by atoms with Gasteiger partial charge in [0, 0.05) is 5.41 Å². The fourth-order valence-electron chi connectivity index (χ4n) is 2.88. The van der Waals surface area contributed by atoms with Crippen LogP contribution in [0.2, 0.25) is 0 Å². The molecule has 0 fully saturated rings. The molecular formula is C18H33NOS. The first-order chi connectivity index (χ1) is 10.1. The Labute approximate surface area is 135 Å². The van der Waals surface area contributed by atoms with E-state index in [4.69, 9.17) is 9.72 Å². The molecule has 0 aliphatic carbocycles. The Hall–Kier alpha value is -0.570. The van der Waals surface area contributed by atoms with Gasteiger partial charge in [-0.2, -0.15) is 0 Å². The third-order valence-corrected chi connectivity index (χ3v) is 5.79. The lowest BCUT2D eigenvalue weighted by molar-refractivity contribution is 0.364. The predicted molar refractivity (Wildman–Crippen MR) is 93.7 cm³/mol. The highest BCUT2D eigenvalue weighted by molar-refractivity contribution is 7.13. The number of hydrogen-bond acceptors (Lipinski definition) is 3. The van der Waals surface area contributed by atoms with E-state index in [9.17, 15) is 0 Å². The molecule has 0 saturated carbocycles. The van der Waals surface area contributed by atoms with Gasteiger partial charge in [-0.1, -0.05) is 77.1 Å². The summed E-state index contributed by atoms with van der Waals surface area (Å²) in [7, 11) is 1.75. The molecule has 3 heteroatoms. The normalized spacial score (nSPS) is 14.1. The van der Waals surface area contributed by atoms with Crippen molar-refractivity contribution >= 4 is 11.3 Å². The molecule has 0 aromatic carbocycles. The number of nitrogens with zero attached hydrogens (tertiary/aromatic N) is 1. The van der Waals surface area contributed by atoms with Gasteiger partial charge >= 0.3 is 0 Å². The molecule has 0 spiro atoms. The van der Waals surface area contributed by atoms with E-state index in [0.717, 1.165) is 10.8 Å². The van der Waals surface area contributed by atoms with E-state index in [0.29, 0.717) is 0 Å². The van der Waals surface area contributed by atoms with Crippen molar-refractivity contribution in [3.05, 3.63) is 10.7 Å². The molecule has 21 heavy (non-hydrogen) atoms. The van der Waals surface area contributed by atoms with Gasteiger partial charge < -0.3 is 4.74 Å². The zero-order valence-corrected chi connectivity index (χ0v) is 15.4. The Kier molecular flexibility index (Phi) is 8.31. The molecule has 0 amide bonds. The summed E-state index contributed by atoms with van der Waals surface area (Å²) >= 11 is 1.75. The molecule has 122 valence electrons. The van der Waals surface area contributed by atoms with Crippen molar-refractivity contribution in [3.8, 4) is 5.06 Å². The second-order valence-electron chi connectivity index (χ2n) is 6.42. The van der Waals surface area contributed by atoms with E-state index in [1.54, 1.807) is 18.4 Å². The van der Waals surface area contributed by atoms with E-state index < -0.39 is 0 Å². The fraction of sp³-hybridized carbons (Fsp3) is 0.833. The van der Waals surface area contributed by atoms with Crippen LogP contribution in [0.15, 0.2) is 0 Å². The Bertz CT molecular complexity index is 402. The third-order valence-electron chi connectivity index (χ3n) is 4.37. The molecule has 0 aliphatic heterocycles. The molecule has 2 nitrogen and oxygen atoms in total. The van der Waals surface area contributed by atoms with Gasteiger partial charge in [-0.05, 0) is 19.8 Å². The van der Waals surface area contributed by atoms with Crippen molar-refractivity contribution in [1.29, 1.82) is 0 Å². The third kappa shape index (κ3) is 5.61. The van der Waals surface area contributed by atoms with Crippen LogP contribution < -0.4 is 4.74 Å². The van der Waals surface area contributed by atoms with Gasteiger partial charge in [-0.3, -0.25) is 0 Å². The van der Waals surface area contributed by atoms with Crippen molar-refractivity contribution in [2.45, 2.75) is 90.9 Å². The largest absolute Gasteiger partial charge is 0.486 e. The van der Waals surface area contributed by atoms with E-state index in [-0.39, 0.29) is 5.41 Å². The number of hydrogen-bond donors (Lipinski definition) is 0. The van der Waals surface area contributed by atoms with E-state index in [2.05, 4.69) is 27.7 Å². The molecule has 0 N–H and O–H groups in total. The van der Waals surface area contributed by atoms with E-state index in [1.807, 2.05) is 0 Å². The summed E-state index contributed by atoms with van der Waals surface area (Å²) in [4.78, 5) is 4.82. The zero-order chi connectivity index (χ0) is 15.7. The molecule has 1 aromatic rings. The molecule has 0 saturated heterocycles. The molecular weight excluding hydrogens is 278 g/mol. The topological polar surface area (TPSA) is 22.1 Å². The van der Waals surface area contributed by atoms with Crippen LogP contribution in [0.1, 0.15) is 89.3 Å². The molecule has 1 aromatic heterocycles. The number of methoxy groups -OCH3 is 1. The number of ether oxygens (including phenoxy) is 1. The smallest absolute Gasteiger partial charge is 0.196 e. The lowest BCUT2D eigenvalue weighted by Crippen LogP contribution is -2.22. The molecule has 1 rings (SSSR count). The molecule has 0 radical (unpaired) electrons. The average molecular weight is 312 g/mol. The summed E-state index contributed by atoms with van der Waals surface area (Å²) in [5, 5.41) is 2.27. The Morgan fingerprint density at radius 2 is 1.57 bits per heavy atom. The van der Waals surface area contributed by atoms with Crippen LogP contribution in [0.3, 0.4) is 0 Å². The maximum Gasteiger partial charge on any atom is 0.196 e. The molecule has 0 aliphatic rings. The van der Waals surface area contributed by atoms with E-state index in [1.165, 1.54) is 62.8 Å². The first-order valence-electron chi connectivity index (χ1n) is 8.59. The standard InChI is InChI=1S/C18H33NOS/c1-6-8-10-12-14-18(4,13-11-9-7-2)17-19-15(3)16(20-5)21-17/h6-14H2,1-5H3. The summed E-state index contributed by atoms with van der Waals surface area (Å²) in [5.74, 6) is 0. The fourth-order valence-corrected chi connectivity index (χ4v) is 3.96. The summed E-state index contributed by atoms with van der Waals surface area (Å²) in [5.41, 5.74) is 1.28. The van der Waals surface area contributed by atoms with Gasteiger partial charge in [0.2, 0.25) is 0 Å². The predicted octanol–water partition coefficient (Wildman–Crippen LogP) is 6.27. The number of thiazole rings is 1. The Balaban J connectivity index is 2.77. The highest BCUT2D eigenvalue weighted by Crippen LogP contribution is 2.40. The van der Waals surface area contributed by atoms with Crippen LogP contribution in [0.5, 0.6) is 5.06 Å². The quantitative estimate of drug-likeness (QED) is 0.449. The number of unbranched alkanes of at least 4 members (excludes halogenated alkanes) is 5. The van der Waals surface area contributed by atoms with Crippen LogP contribution in [0, 0.1) is 6.92 Å². The number of aromatic nitrogens is 1. The lowest BCUT2D eigenvalue weighted by atomic mass is 9.80. The molecule has 1 atom stereocenters.